The Labute approximate surface area is 113 Å². The van der Waals surface area contributed by atoms with E-state index < -0.39 is 11.7 Å². The van der Waals surface area contributed by atoms with Crippen LogP contribution >= 0.6 is 0 Å². The van der Waals surface area contributed by atoms with Gasteiger partial charge in [0.25, 0.3) is 0 Å². The van der Waals surface area contributed by atoms with E-state index in [4.69, 9.17) is 5.73 Å². The molecule has 0 amide bonds. The number of nitrogens with two attached hydrogens (primary N) is 1. The summed E-state index contributed by atoms with van der Waals surface area (Å²) in [7, 11) is 1.79. The van der Waals surface area contributed by atoms with Crippen molar-refractivity contribution in [1.82, 2.24) is 14.8 Å². The molecule has 0 atom stereocenters. The van der Waals surface area contributed by atoms with E-state index in [0.717, 1.165) is 23.4 Å². The van der Waals surface area contributed by atoms with Gasteiger partial charge in [0.15, 0.2) is 0 Å². The van der Waals surface area contributed by atoms with E-state index >= 15 is 0 Å². The third kappa shape index (κ3) is 3.01. The number of anilines is 2. The molecule has 2 rings (SSSR count). The molecule has 20 heavy (non-hydrogen) atoms. The van der Waals surface area contributed by atoms with Crippen LogP contribution in [0.2, 0.25) is 0 Å². The summed E-state index contributed by atoms with van der Waals surface area (Å²) in [5.41, 5.74) is 6.38. The van der Waals surface area contributed by atoms with Crippen LogP contribution in [0, 0.1) is 6.92 Å². The van der Waals surface area contributed by atoms with Crippen LogP contribution < -0.4 is 11.1 Å². The first-order valence-corrected chi connectivity index (χ1v) is 5.83. The maximum atomic E-state index is 12.7. The van der Waals surface area contributed by atoms with Gasteiger partial charge in [-0.25, -0.2) is 4.98 Å². The largest absolute Gasteiger partial charge is 0.416 e. The Kier molecular flexibility index (Phi) is 3.56. The van der Waals surface area contributed by atoms with Gasteiger partial charge >= 0.3 is 6.18 Å². The molecule has 2 aromatic heterocycles. The van der Waals surface area contributed by atoms with Gasteiger partial charge in [-0.15, -0.1) is 0 Å². The Hall–Kier alpha value is -2.25. The Morgan fingerprint density at radius 3 is 2.60 bits per heavy atom. The van der Waals surface area contributed by atoms with Crippen molar-refractivity contribution in [3.8, 4) is 0 Å². The fourth-order valence-corrected chi connectivity index (χ4v) is 1.71. The minimum absolute atomic E-state index is 0.0839. The maximum Gasteiger partial charge on any atom is 0.416 e. The van der Waals surface area contributed by atoms with Crippen molar-refractivity contribution in [2.75, 3.05) is 11.1 Å². The smallest absolute Gasteiger partial charge is 0.384 e. The summed E-state index contributed by atoms with van der Waals surface area (Å²) >= 11 is 0. The van der Waals surface area contributed by atoms with E-state index in [2.05, 4.69) is 15.4 Å². The summed E-state index contributed by atoms with van der Waals surface area (Å²) in [5, 5.41) is 6.88. The first-order chi connectivity index (χ1) is 9.27. The highest BCUT2D eigenvalue weighted by Gasteiger charge is 2.31. The lowest BCUT2D eigenvalue weighted by molar-refractivity contribution is -0.137. The molecular weight excluding hydrogens is 271 g/mol. The quantitative estimate of drug-likeness (QED) is 0.908. The van der Waals surface area contributed by atoms with E-state index in [1.807, 2.05) is 6.92 Å². The highest BCUT2D eigenvalue weighted by molar-refractivity contribution is 5.47. The lowest BCUT2D eigenvalue weighted by Crippen LogP contribution is -2.10. The second kappa shape index (κ2) is 5.03. The van der Waals surface area contributed by atoms with Gasteiger partial charge < -0.3 is 11.1 Å². The van der Waals surface area contributed by atoms with Crippen LogP contribution in [0.4, 0.5) is 24.8 Å². The maximum absolute atomic E-state index is 12.7. The Balaban J connectivity index is 2.18. The minimum Gasteiger partial charge on any atom is -0.384 e. The molecule has 0 aromatic carbocycles. The highest BCUT2D eigenvalue weighted by atomic mass is 19.4. The monoisotopic (exact) mass is 285 g/mol. The SMILES string of the molecule is Cc1c(CNc2cc(C(F)(F)F)cc(N)n2)cnn1C. The average molecular weight is 285 g/mol. The molecule has 8 heteroatoms. The Morgan fingerprint density at radius 1 is 1.35 bits per heavy atom. The lowest BCUT2D eigenvalue weighted by Gasteiger charge is -2.11. The number of rotatable bonds is 3. The normalized spacial score (nSPS) is 11.7. The number of halogens is 3. The molecule has 0 saturated heterocycles. The van der Waals surface area contributed by atoms with Crippen molar-refractivity contribution in [3.05, 3.63) is 35.2 Å². The van der Waals surface area contributed by atoms with E-state index in [1.165, 1.54) is 0 Å². The first kappa shape index (κ1) is 14.2. The lowest BCUT2D eigenvalue weighted by atomic mass is 10.2. The van der Waals surface area contributed by atoms with Gasteiger partial charge in [0.05, 0.1) is 11.8 Å². The molecule has 0 radical (unpaired) electrons. The molecule has 0 unspecified atom stereocenters. The number of alkyl halides is 3. The van der Waals surface area contributed by atoms with Crippen molar-refractivity contribution >= 4 is 11.6 Å². The van der Waals surface area contributed by atoms with Crippen molar-refractivity contribution in [3.63, 3.8) is 0 Å². The van der Waals surface area contributed by atoms with Crippen LogP contribution in [0.15, 0.2) is 18.3 Å². The van der Waals surface area contributed by atoms with Crippen molar-refractivity contribution in [2.24, 2.45) is 7.05 Å². The molecular formula is C12H14F3N5. The fraction of sp³-hybridized carbons (Fsp3) is 0.333. The summed E-state index contributed by atoms with van der Waals surface area (Å²) in [6.45, 7) is 2.20. The zero-order valence-electron chi connectivity index (χ0n) is 11.0. The van der Waals surface area contributed by atoms with Gasteiger partial charge in [-0.2, -0.15) is 18.3 Å². The highest BCUT2D eigenvalue weighted by Crippen LogP contribution is 2.31. The van der Waals surface area contributed by atoms with Crippen molar-refractivity contribution in [1.29, 1.82) is 0 Å². The van der Waals surface area contributed by atoms with Gasteiger partial charge in [0.1, 0.15) is 11.6 Å². The predicted octanol–water partition coefficient (Wildman–Crippen LogP) is 2.34. The van der Waals surface area contributed by atoms with E-state index in [1.54, 1.807) is 17.9 Å². The Bertz CT molecular complexity index is 618. The number of nitrogens with zero attached hydrogens (tertiary/aromatic N) is 3. The molecule has 2 heterocycles. The molecule has 0 bridgehead atoms. The summed E-state index contributed by atoms with van der Waals surface area (Å²) in [4.78, 5) is 3.84. The molecule has 0 spiro atoms. The molecule has 5 nitrogen and oxygen atoms in total. The van der Waals surface area contributed by atoms with Crippen molar-refractivity contribution in [2.45, 2.75) is 19.6 Å². The summed E-state index contributed by atoms with van der Waals surface area (Å²) in [6, 6.07) is 1.74. The molecule has 108 valence electrons. The third-order valence-corrected chi connectivity index (χ3v) is 2.97. The zero-order chi connectivity index (χ0) is 14.9. The van der Waals surface area contributed by atoms with E-state index in [0.29, 0.717) is 6.54 Å². The summed E-state index contributed by atoms with van der Waals surface area (Å²) in [5.74, 6) is -0.0918. The third-order valence-electron chi connectivity index (χ3n) is 2.97. The van der Waals surface area contributed by atoms with Gasteiger partial charge in [0.2, 0.25) is 0 Å². The molecule has 0 aliphatic rings. The van der Waals surface area contributed by atoms with E-state index in [-0.39, 0.29) is 11.6 Å². The molecule has 0 saturated carbocycles. The van der Waals surface area contributed by atoms with Crippen LogP contribution in [-0.4, -0.2) is 14.8 Å². The fourth-order valence-electron chi connectivity index (χ4n) is 1.71. The number of hydrogen-bond acceptors (Lipinski definition) is 4. The molecule has 3 N–H and O–H groups in total. The van der Waals surface area contributed by atoms with Crippen LogP contribution in [0.3, 0.4) is 0 Å². The predicted molar refractivity (Wildman–Crippen MR) is 68.9 cm³/mol. The van der Waals surface area contributed by atoms with Crippen LogP contribution in [0.25, 0.3) is 0 Å². The number of aryl methyl sites for hydroxylation is 1. The first-order valence-electron chi connectivity index (χ1n) is 5.83. The molecule has 0 aliphatic carbocycles. The second-order valence-electron chi connectivity index (χ2n) is 4.40. The molecule has 2 aromatic rings. The standard InChI is InChI=1S/C12H14F3N5/c1-7-8(6-18-20(7)2)5-17-11-4-9(12(13,14)15)3-10(16)19-11/h3-4,6H,5H2,1-2H3,(H3,16,17,19). The van der Waals surface area contributed by atoms with Gasteiger partial charge in [0, 0.05) is 24.8 Å². The van der Waals surface area contributed by atoms with Crippen LogP contribution in [0.1, 0.15) is 16.8 Å². The number of pyridine rings is 1. The second-order valence-corrected chi connectivity index (χ2v) is 4.40. The number of nitrogen functional groups attached to an aromatic ring is 1. The Morgan fingerprint density at radius 2 is 2.05 bits per heavy atom. The zero-order valence-corrected chi connectivity index (χ0v) is 11.0. The van der Waals surface area contributed by atoms with Gasteiger partial charge in [-0.1, -0.05) is 0 Å². The topological polar surface area (TPSA) is 68.8 Å². The van der Waals surface area contributed by atoms with Crippen molar-refractivity contribution < 1.29 is 13.2 Å². The van der Waals surface area contributed by atoms with Crippen LogP contribution in [0.5, 0.6) is 0 Å². The van der Waals surface area contributed by atoms with E-state index in [9.17, 15) is 13.2 Å². The summed E-state index contributed by atoms with van der Waals surface area (Å²) < 4.78 is 39.6. The molecule has 0 aliphatic heterocycles. The molecule has 0 fully saturated rings. The minimum atomic E-state index is -4.45. The summed E-state index contributed by atoms with van der Waals surface area (Å²) in [6.07, 6.45) is -2.79. The van der Waals surface area contributed by atoms with Crippen LogP contribution in [-0.2, 0) is 19.8 Å². The average Bonchev–Trinajstić information content (AvgIpc) is 2.66. The number of hydrogen-bond donors (Lipinski definition) is 2. The van der Waals surface area contributed by atoms with Gasteiger partial charge in [-0.05, 0) is 19.1 Å². The van der Waals surface area contributed by atoms with Gasteiger partial charge in [-0.3, -0.25) is 4.68 Å². The number of aromatic nitrogens is 3. The number of nitrogens with one attached hydrogen (secondary N) is 1.